The first kappa shape index (κ1) is 18.6. The van der Waals surface area contributed by atoms with Gasteiger partial charge in [-0.3, -0.25) is 0 Å². The third-order valence-electron chi connectivity index (χ3n) is 1.82. The summed E-state index contributed by atoms with van der Waals surface area (Å²) >= 11 is 0. The molecule has 1 saturated heterocycles. The second-order valence-electron chi connectivity index (χ2n) is 4.37. The minimum atomic E-state index is -0.454. The molecule has 0 bridgehead atoms. The van der Waals surface area contributed by atoms with Gasteiger partial charge in [-0.15, -0.1) is 0 Å². The van der Waals surface area contributed by atoms with Crippen LogP contribution < -0.4 is 0 Å². The van der Waals surface area contributed by atoms with Crippen molar-refractivity contribution < 1.29 is 19.7 Å². The van der Waals surface area contributed by atoms with Crippen LogP contribution in [0.3, 0.4) is 0 Å². The lowest BCUT2D eigenvalue weighted by molar-refractivity contribution is 0.0270. The van der Waals surface area contributed by atoms with E-state index in [1.807, 2.05) is 34.6 Å². The molecule has 2 N–H and O–H groups in total. The molecular formula is C12H27NO4. The first-order chi connectivity index (χ1) is 7.88. The fraction of sp³-hybridized carbons (Fsp3) is 0.917. The molecule has 1 heterocycles. The Bertz CT molecular complexity index is 201. The number of likely N-dealkylation sites (tertiary alicyclic amines) is 1. The highest BCUT2D eigenvalue weighted by molar-refractivity contribution is 5.68. The third kappa shape index (κ3) is 8.94. The van der Waals surface area contributed by atoms with E-state index in [1.165, 1.54) is 4.90 Å². The van der Waals surface area contributed by atoms with Crippen molar-refractivity contribution in [3.8, 4) is 0 Å². The number of rotatable bonds is 0. The average Bonchev–Trinajstić information content (AvgIpc) is 2.69. The lowest BCUT2D eigenvalue weighted by atomic mass is 10.2. The summed E-state index contributed by atoms with van der Waals surface area (Å²) in [5.74, 6) is 0. The number of aliphatic hydroxyl groups is 2. The highest BCUT2D eigenvalue weighted by Crippen LogP contribution is 2.14. The molecule has 1 aliphatic heterocycles. The molecule has 1 amide bonds. The van der Waals surface area contributed by atoms with Crippen molar-refractivity contribution in [3.63, 3.8) is 0 Å². The van der Waals surface area contributed by atoms with Crippen LogP contribution in [-0.4, -0.2) is 53.1 Å². The Kier molecular flexibility index (Phi) is 10.1. The quantitative estimate of drug-likeness (QED) is 0.684. The summed E-state index contributed by atoms with van der Waals surface area (Å²) in [6, 6.07) is 0. The second kappa shape index (κ2) is 9.24. The van der Waals surface area contributed by atoms with Crippen LogP contribution in [-0.2, 0) is 4.74 Å². The van der Waals surface area contributed by atoms with E-state index in [0.717, 1.165) is 7.11 Å². The Hall–Kier alpha value is -0.810. The maximum Gasteiger partial charge on any atom is 0.410 e. The number of β-amino-alcohol motifs (C(OH)–C–C–N with tert-alkyl or cyclic N) is 1. The van der Waals surface area contributed by atoms with Gasteiger partial charge in [0.05, 0.1) is 6.10 Å². The number of hydrogen-bond acceptors (Lipinski definition) is 4. The second-order valence-corrected chi connectivity index (χ2v) is 4.37. The van der Waals surface area contributed by atoms with Crippen LogP contribution >= 0.6 is 0 Å². The molecule has 5 heteroatoms. The van der Waals surface area contributed by atoms with Crippen LogP contribution in [0.5, 0.6) is 0 Å². The van der Waals surface area contributed by atoms with Crippen LogP contribution in [0.4, 0.5) is 4.79 Å². The lowest BCUT2D eigenvalue weighted by Crippen LogP contribution is -2.35. The normalized spacial score (nSPS) is 18.6. The van der Waals surface area contributed by atoms with Gasteiger partial charge in [-0.2, -0.15) is 0 Å². The largest absolute Gasteiger partial charge is 0.444 e. The number of carbonyl (C=O) groups is 1. The van der Waals surface area contributed by atoms with E-state index in [2.05, 4.69) is 0 Å². The summed E-state index contributed by atoms with van der Waals surface area (Å²) in [7, 11) is 1.00. The first-order valence-electron chi connectivity index (χ1n) is 5.99. The minimum absolute atomic E-state index is 0.330. The van der Waals surface area contributed by atoms with Crippen molar-refractivity contribution in [1.82, 2.24) is 4.90 Å². The van der Waals surface area contributed by atoms with Crippen LogP contribution in [0, 0.1) is 0 Å². The van der Waals surface area contributed by atoms with E-state index >= 15 is 0 Å². The smallest absolute Gasteiger partial charge is 0.410 e. The molecular weight excluding hydrogens is 222 g/mol. The van der Waals surface area contributed by atoms with Crippen molar-refractivity contribution >= 4 is 6.09 Å². The summed E-state index contributed by atoms with van der Waals surface area (Å²) in [4.78, 5) is 12.9. The zero-order valence-electron chi connectivity index (χ0n) is 11.9. The van der Waals surface area contributed by atoms with Gasteiger partial charge in [0.1, 0.15) is 5.60 Å². The number of amides is 1. The molecule has 0 radical (unpaired) electrons. The molecule has 0 spiro atoms. The molecule has 0 unspecified atom stereocenters. The number of hydrogen-bond donors (Lipinski definition) is 2. The Labute approximate surface area is 104 Å². The zero-order valence-corrected chi connectivity index (χ0v) is 11.9. The van der Waals surface area contributed by atoms with Gasteiger partial charge in [0.2, 0.25) is 0 Å². The maximum atomic E-state index is 11.4. The molecule has 1 rings (SSSR count). The molecule has 0 aromatic carbocycles. The summed E-state index contributed by atoms with van der Waals surface area (Å²) in [5.41, 5.74) is -0.454. The molecule has 0 aliphatic carbocycles. The van der Waals surface area contributed by atoms with Crippen molar-refractivity contribution in [1.29, 1.82) is 0 Å². The maximum absolute atomic E-state index is 11.4. The van der Waals surface area contributed by atoms with Gasteiger partial charge < -0.3 is 19.8 Å². The van der Waals surface area contributed by atoms with Gasteiger partial charge in [0.25, 0.3) is 0 Å². The predicted molar refractivity (Wildman–Crippen MR) is 67.9 cm³/mol. The summed E-state index contributed by atoms with van der Waals surface area (Å²) in [5, 5.41) is 16.2. The Morgan fingerprint density at radius 3 is 2.06 bits per heavy atom. The van der Waals surface area contributed by atoms with E-state index in [0.29, 0.717) is 19.5 Å². The number of aliphatic hydroxyl groups excluding tert-OH is 2. The van der Waals surface area contributed by atoms with Crippen molar-refractivity contribution in [3.05, 3.63) is 0 Å². The van der Waals surface area contributed by atoms with Crippen LogP contribution in [0.1, 0.15) is 41.0 Å². The number of ether oxygens (including phenoxy) is 1. The van der Waals surface area contributed by atoms with E-state index in [9.17, 15) is 9.90 Å². The van der Waals surface area contributed by atoms with Crippen molar-refractivity contribution in [2.75, 3.05) is 20.2 Å². The summed E-state index contributed by atoms with van der Waals surface area (Å²) < 4.78 is 5.15. The van der Waals surface area contributed by atoms with Gasteiger partial charge in [-0.1, -0.05) is 13.8 Å². The lowest BCUT2D eigenvalue weighted by Gasteiger charge is -2.24. The highest BCUT2D eigenvalue weighted by Gasteiger charge is 2.28. The molecule has 0 aromatic heterocycles. The molecule has 104 valence electrons. The molecule has 1 atom stereocenters. The van der Waals surface area contributed by atoms with E-state index < -0.39 is 5.60 Å². The van der Waals surface area contributed by atoms with E-state index in [1.54, 1.807) is 0 Å². The van der Waals surface area contributed by atoms with Gasteiger partial charge in [-0.05, 0) is 27.2 Å². The van der Waals surface area contributed by atoms with E-state index in [-0.39, 0.29) is 12.2 Å². The third-order valence-corrected chi connectivity index (χ3v) is 1.82. The number of nitrogens with zero attached hydrogens (tertiary/aromatic N) is 1. The van der Waals surface area contributed by atoms with Crippen LogP contribution in [0.2, 0.25) is 0 Å². The topological polar surface area (TPSA) is 70.0 Å². The molecule has 1 aliphatic rings. The Balaban J connectivity index is 0. The van der Waals surface area contributed by atoms with Crippen molar-refractivity contribution in [2.45, 2.75) is 52.7 Å². The zero-order chi connectivity index (χ0) is 14.1. The summed E-state index contributed by atoms with van der Waals surface area (Å²) in [6.07, 6.45) is -0.0595. The number of carbonyl (C=O) groups excluding carboxylic acids is 1. The van der Waals surface area contributed by atoms with Gasteiger partial charge >= 0.3 is 6.09 Å². The Morgan fingerprint density at radius 2 is 1.76 bits per heavy atom. The van der Waals surface area contributed by atoms with Crippen LogP contribution in [0.25, 0.3) is 0 Å². The van der Waals surface area contributed by atoms with Crippen molar-refractivity contribution in [2.24, 2.45) is 0 Å². The SMILES string of the molecule is CC.CC(C)(C)OC(=O)N1CC[C@@H](O)C1.CO. The molecule has 1 fully saturated rings. The first-order valence-corrected chi connectivity index (χ1v) is 5.99. The van der Waals surface area contributed by atoms with Crippen LogP contribution in [0.15, 0.2) is 0 Å². The van der Waals surface area contributed by atoms with Gasteiger partial charge in [0.15, 0.2) is 0 Å². The van der Waals surface area contributed by atoms with Gasteiger partial charge in [0, 0.05) is 20.2 Å². The average molecular weight is 249 g/mol. The van der Waals surface area contributed by atoms with E-state index in [4.69, 9.17) is 9.84 Å². The Morgan fingerprint density at radius 1 is 1.29 bits per heavy atom. The monoisotopic (exact) mass is 249 g/mol. The van der Waals surface area contributed by atoms with Gasteiger partial charge in [-0.25, -0.2) is 4.79 Å². The molecule has 17 heavy (non-hydrogen) atoms. The predicted octanol–water partition coefficient (Wildman–Crippen LogP) is 1.62. The highest BCUT2D eigenvalue weighted by atomic mass is 16.6. The molecule has 0 saturated carbocycles. The minimum Gasteiger partial charge on any atom is -0.444 e. The standard InChI is InChI=1S/C9H17NO3.C2H6.CH4O/c1-9(2,3)13-8(12)10-5-4-7(11)6-10;2*1-2/h7,11H,4-6H2,1-3H3;1-2H3;2H,1H3/t7-;;/m1../s1. The molecule has 5 nitrogen and oxygen atoms in total. The fourth-order valence-electron chi connectivity index (χ4n) is 1.23. The fourth-order valence-corrected chi connectivity index (χ4v) is 1.23. The molecule has 0 aromatic rings. The summed E-state index contributed by atoms with van der Waals surface area (Å²) in [6.45, 7) is 10.5.